The number of nitrogens with zero attached hydrogens (tertiary/aromatic N) is 1. The molecular weight excluding hydrogens is 308 g/mol. The van der Waals surface area contributed by atoms with Crippen LogP contribution in [0.5, 0.6) is 0 Å². The van der Waals surface area contributed by atoms with Gasteiger partial charge in [-0.05, 0) is 30.0 Å². The molecule has 1 saturated heterocycles. The number of morpholine rings is 1. The molecule has 1 saturated carbocycles. The lowest BCUT2D eigenvalue weighted by Gasteiger charge is -2.39. The highest BCUT2D eigenvalue weighted by molar-refractivity contribution is 5.87. The zero-order valence-electron chi connectivity index (χ0n) is 13.7. The van der Waals surface area contributed by atoms with Crippen LogP contribution in [-0.4, -0.2) is 47.8 Å². The van der Waals surface area contributed by atoms with E-state index in [0.717, 1.165) is 17.9 Å². The second-order valence-corrected chi connectivity index (χ2v) is 6.62. The van der Waals surface area contributed by atoms with E-state index < -0.39 is 5.97 Å². The highest BCUT2D eigenvalue weighted by Gasteiger charge is 2.31. The van der Waals surface area contributed by atoms with Crippen LogP contribution in [0.25, 0.3) is 0 Å². The van der Waals surface area contributed by atoms with E-state index in [9.17, 15) is 9.59 Å². The summed E-state index contributed by atoms with van der Waals surface area (Å²) in [6.45, 7) is 2.23. The fourth-order valence-electron chi connectivity index (χ4n) is 3.28. The van der Waals surface area contributed by atoms with Gasteiger partial charge in [0, 0.05) is 13.1 Å². The Morgan fingerprint density at radius 1 is 1.25 bits per heavy atom. The van der Waals surface area contributed by atoms with Gasteiger partial charge in [-0.25, -0.2) is 9.59 Å². The summed E-state index contributed by atoms with van der Waals surface area (Å²) < 4.78 is 5.55. The maximum atomic E-state index is 12.5. The first-order valence-corrected chi connectivity index (χ1v) is 8.58. The van der Waals surface area contributed by atoms with Crippen LogP contribution in [-0.2, 0) is 11.3 Å². The number of aromatic carboxylic acids is 1. The summed E-state index contributed by atoms with van der Waals surface area (Å²) in [7, 11) is 0. The lowest BCUT2D eigenvalue weighted by Crippen LogP contribution is -2.53. The average molecular weight is 332 g/mol. The largest absolute Gasteiger partial charge is 0.478 e. The van der Waals surface area contributed by atoms with Crippen LogP contribution in [0.2, 0.25) is 0 Å². The molecule has 1 atom stereocenters. The molecule has 6 heteroatoms. The molecule has 2 fully saturated rings. The molecule has 2 aliphatic rings. The van der Waals surface area contributed by atoms with Crippen LogP contribution < -0.4 is 5.32 Å². The topological polar surface area (TPSA) is 78.9 Å². The van der Waals surface area contributed by atoms with Crippen molar-refractivity contribution < 1.29 is 19.4 Å². The molecule has 0 bridgehead atoms. The molecular formula is C18H24N2O4. The molecule has 1 unspecified atom stereocenters. The lowest BCUT2D eigenvalue weighted by molar-refractivity contribution is -0.000609. The maximum absolute atomic E-state index is 12.5. The van der Waals surface area contributed by atoms with Gasteiger partial charge in [-0.2, -0.15) is 0 Å². The fourth-order valence-corrected chi connectivity index (χ4v) is 3.28. The van der Waals surface area contributed by atoms with E-state index in [2.05, 4.69) is 5.32 Å². The lowest BCUT2D eigenvalue weighted by atomic mass is 9.80. The van der Waals surface area contributed by atoms with Gasteiger partial charge in [0.2, 0.25) is 0 Å². The molecule has 130 valence electrons. The van der Waals surface area contributed by atoms with E-state index in [1.165, 1.54) is 19.3 Å². The van der Waals surface area contributed by atoms with Crippen LogP contribution in [0.4, 0.5) is 4.79 Å². The molecule has 1 aromatic carbocycles. The third-order valence-electron chi connectivity index (χ3n) is 4.96. The van der Waals surface area contributed by atoms with Gasteiger partial charge in [-0.3, -0.25) is 0 Å². The first kappa shape index (κ1) is 16.8. The maximum Gasteiger partial charge on any atom is 0.335 e. The van der Waals surface area contributed by atoms with Crippen LogP contribution in [0.15, 0.2) is 24.3 Å². The van der Waals surface area contributed by atoms with Gasteiger partial charge < -0.3 is 20.1 Å². The molecule has 1 aliphatic carbocycles. The minimum atomic E-state index is -0.947. The molecule has 0 radical (unpaired) electrons. The molecule has 2 N–H and O–H groups in total. The second-order valence-electron chi connectivity index (χ2n) is 6.62. The Hall–Kier alpha value is -2.08. The number of ether oxygens (including phenoxy) is 1. The zero-order valence-corrected chi connectivity index (χ0v) is 13.7. The molecule has 1 heterocycles. The van der Waals surface area contributed by atoms with Crippen molar-refractivity contribution in [3.8, 4) is 0 Å². The average Bonchev–Trinajstić information content (AvgIpc) is 2.56. The summed E-state index contributed by atoms with van der Waals surface area (Å²) >= 11 is 0. The van der Waals surface area contributed by atoms with Gasteiger partial charge in [-0.1, -0.05) is 31.4 Å². The molecule has 1 aliphatic heterocycles. The molecule has 0 aromatic heterocycles. The number of carbonyl (C=O) groups excluding carboxylic acids is 1. The number of carboxylic acid groups (broad SMARTS) is 1. The molecule has 24 heavy (non-hydrogen) atoms. The number of carbonyl (C=O) groups is 2. The van der Waals surface area contributed by atoms with Crippen molar-refractivity contribution in [2.75, 3.05) is 19.8 Å². The van der Waals surface area contributed by atoms with Crippen molar-refractivity contribution in [3.05, 3.63) is 35.4 Å². The summed E-state index contributed by atoms with van der Waals surface area (Å²) in [4.78, 5) is 25.3. The predicted molar refractivity (Wildman–Crippen MR) is 88.9 cm³/mol. The number of hydrogen-bond acceptors (Lipinski definition) is 3. The number of benzene rings is 1. The van der Waals surface area contributed by atoms with Gasteiger partial charge >= 0.3 is 12.0 Å². The number of amides is 2. The minimum Gasteiger partial charge on any atom is -0.478 e. The molecule has 0 spiro atoms. The first-order chi connectivity index (χ1) is 11.6. The van der Waals surface area contributed by atoms with Crippen molar-refractivity contribution in [1.82, 2.24) is 10.2 Å². The van der Waals surface area contributed by atoms with E-state index in [4.69, 9.17) is 9.84 Å². The van der Waals surface area contributed by atoms with Gasteiger partial charge in [0.25, 0.3) is 0 Å². The Bertz CT molecular complexity index is 583. The van der Waals surface area contributed by atoms with E-state index in [1.807, 2.05) is 4.90 Å². The fraction of sp³-hybridized carbons (Fsp3) is 0.556. The van der Waals surface area contributed by atoms with Gasteiger partial charge in [0.15, 0.2) is 0 Å². The van der Waals surface area contributed by atoms with Crippen LogP contribution in [0.1, 0.15) is 41.6 Å². The third-order valence-corrected chi connectivity index (χ3v) is 4.96. The summed E-state index contributed by atoms with van der Waals surface area (Å²) in [6, 6.07) is 6.67. The Labute approximate surface area is 141 Å². The summed E-state index contributed by atoms with van der Waals surface area (Å²) in [5.74, 6) is -0.215. The monoisotopic (exact) mass is 332 g/mol. The number of carboxylic acids is 1. The quantitative estimate of drug-likeness (QED) is 0.868. The number of rotatable bonds is 5. The molecule has 2 amide bonds. The van der Waals surface area contributed by atoms with Gasteiger partial charge in [0.1, 0.15) is 0 Å². The standard InChI is InChI=1S/C18H24N2O4/c21-17(22)15-6-4-14(5-7-15)11-19-18(23)20-8-9-24-12-16(20)10-13-2-1-3-13/h4-7,13,16H,1-3,8-12H2,(H,19,23)(H,21,22). The van der Waals surface area contributed by atoms with E-state index >= 15 is 0 Å². The van der Waals surface area contributed by atoms with Crippen LogP contribution in [0, 0.1) is 5.92 Å². The Morgan fingerprint density at radius 3 is 2.62 bits per heavy atom. The zero-order chi connectivity index (χ0) is 16.9. The van der Waals surface area contributed by atoms with Crippen molar-refractivity contribution in [2.24, 2.45) is 5.92 Å². The minimum absolute atomic E-state index is 0.0649. The number of urea groups is 1. The smallest absolute Gasteiger partial charge is 0.335 e. The van der Waals surface area contributed by atoms with E-state index in [0.29, 0.717) is 26.3 Å². The summed E-state index contributed by atoms with van der Waals surface area (Å²) in [6.07, 6.45) is 4.86. The van der Waals surface area contributed by atoms with Gasteiger partial charge in [-0.15, -0.1) is 0 Å². The Kier molecular flexibility index (Phi) is 5.35. The molecule has 3 rings (SSSR count). The number of hydrogen-bond donors (Lipinski definition) is 2. The SMILES string of the molecule is O=C(O)c1ccc(CNC(=O)N2CCOCC2CC2CCC2)cc1. The highest BCUT2D eigenvalue weighted by Crippen LogP contribution is 2.32. The number of nitrogens with one attached hydrogen (secondary N) is 1. The summed E-state index contributed by atoms with van der Waals surface area (Å²) in [5.41, 5.74) is 1.14. The van der Waals surface area contributed by atoms with Crippen LogP contribution in [0.3, 0.4) is 0 Å². The van der Waals surface area contributed by atoms with Gasteiger partial charge in [0.05, 0.1) is 24.8 Å². The van der Waals surface area contributed by atoms with Crippen molar-refractivity contribution in [1.29, 1.82) is 0 Å². The Balaban J connectivity index is 1.53. The van der Waals surface area contributed by atoms with Crippen molar-refractivity contribution in [2.45, 2.75) is 38.3 Å². The van der Waals surface area contributed by atoms with Crippen LogP contribution >= 0.6 is 0 Å². The third kappa shape index (κ3) is 4.06. The molecule has 1 aromatic rings. The van der Waals surface area contributed by atoms with E-state index in [-0.39, 0.29) is 17.6 Å². The second kappa shape index (κ2) is 7.66. The van der Waals surface area contributed by atoms with Crippen molar-refractivity contribution in [3.63, 3.8) is 0 Å². The van der Waals surface area contributed by atoms with E-state index in [1.54, 1.807) is 24.3 Å². The predicted octanol–water partition coefficient (Wildman–Crippen LogP) is 2.49. The first-order valence-electron chi connectivity index (χ1n) is 8.58. The Morgan fingerprint density at radius 2 is 2.00 bits per heavy atom. The molecule has 6 nitrogen and oxygen atoms in total. The van der Waals surface area contributed by atoms with Crippen molar-refractivity contribution >= 4 is 12.0 Å². The highest BCUT2D eigenvalue weighted by atomic mass is 16.5. The summed E-state index contributed by atoms with van der Waals surface area (Å²) in [5, 5.41) is 11.8. The normalized spacial score (nSPS) is 21.2.